The molecule has 7 nitrogen and oxygen atoms in total. The molecule has 0 radical (unpaired) electrons. The van der Waals surface area contributed by atoms with Crippen molar-refractivity contribution in [1.82, 2.24) is 19.3 Å². The van der Waals surface area contributed by atoms with E-state index >= 15 is 0 Å². The number of fused-ring (bicyclic) bond motifs is 1. The predicted molar refractivity (Wildman–Crippen MR) is 119 cm³/mol. The van der Waals surface area contributed by atoms with E-state index in [1.54, 1.807) is 25.5 Å². The number of nitrogens with zero attached hydrogens (tertiary/aromatic N) is 3. The third-order valence-electron chi connectivity index (χ3n) is 4.70. The maximum Gasteiger partial charge on any atom is 0.387 e. The smallest absolute Gasteiger partial charge is 0.387 e. The first-order chi connectivity index (χ1) is 14.9. The highest BCUT2D eigenvalue weighted by Gasteiger charge is 2.22. The molecule has 0 unspecified atom stereocenters. The Balaban J connectivity index is 0.00000289. The van der Waals surface area contributed by atoms with Crippen LogP contribution >= 0.6 is 12.4 Å². The fourth-order valence-electron chi connectivity index (χ4n) is 3.35. The van der Waals surface area contributed by atoms with Crippen LogP contribution in [0.4, 0.5) is 8.78 Å². The first kappa shape index (κ1) is 23.6. The molecule has 0 bridgehead atoms. The molecule has 0 fully saturated rings. The molecule has 168 valence electrons. The molecule has 0 aliphatic heterocycles. The molecule has 4 rings (SSSR count). The minimum absolute atomic E-state index is 0. The van der Waals surface area contributed by atoms with Gasteiger partial charge in [-0.3, -0.25) is 0 Å². The van der Waals surface area contributed by atoms with Crippen molar-refractivity contribution in [2.45, 2.75) is 18.1 Å². The van der Waals surface area contributed by atoms with Crippen LogP contribution in [0.5, 0.6) is 5.75 Å². The summed E-state index contributed by atoms with van der Waals surface area (Å²) in [5, 5.41) is 3.77. The quantitative estimate of drug-likeness (QED) is 0.429. The molecule has 4 aromatic rings. The predicted octanol–water partition coefficient (Wildman–Crippen LogP) is 4.08. The molecular formula is C21H19ClF2N4O3S. The standard InChI is InChI=1S/C21H18F2N4O3S.ClH/c1-24-9-16-12-27(31(28,29)18-4-2-3-17(8-18)30-21(22)23)20-7-14(5-6-19(16)20)15-10-25-13-26-11-15;/h2-8,10-13,21,24H,9H2,1H3;1H. The van der Waals surface area contributed by atoms with Gasteiger partial charge in [0.1, 0.15) is 12.1 Å². The second kappa shape index (κ2) is 9.60. The van der Waals surface area contributed by atoms with Crippen molar-refractivity contribution in [3.63, 3.8) is 0 Å². The zero-order valence-corrected chi connectivity index (χ0v) is 18.4. The molecule has 0 spiro atoms. The molecule has 32 heavy (non-hydrogen) atoms. The van der Waals surface area contributed by atoms with E-state index < -0.39 is 16.6 Å². The highest BCUT2D eigenvalue weighted by molar-refractivity contribution is 7.90. The molecule has 2 aromatic heterocycles. The van der Waals surface area contributed by atoms with E-state index in [1.165, 1.54) is 30.7 Å². The summed E-state index contributed by atoms with van der Waals surface area (Å²) in [6, 6.07) is 10.5. The van der Waals surface area contributed by atoms with E-state index in [0.717, 1.165) is 32.1 Å². The first-order valence-electron chi connectivity index (χ1n) is 9.24. The summed E-state index contributed by atoms with van der Waals surface area (Å²) in [5.41, 5.74) is 2.70. The summed E-state index contributed by atoms with van der Waals surface area (Å²) in [5.74, 6) is -0.231. The van der Waals surface area contributed by atoms with E-state index in [4.69, 9.17) is 0 Å². The van der Waals surface area contributed by atoms with E-state index in [0.29, 0.717) is 12.1 Å². The van der Waals surface area contributed by atoms with E-state index in [-0.39, 0.29) is 23.1 Å². The van der Waals surface area contributed by atoms with Crippen LogP contribution in [0.2, 0.25) is 0 Å². The van der Waals surface area contributed by atoms with Gasteiger partial charge in [-0.1, -0.05) is 18.2 Å². The van der Waals surface area contributed by atoms with Gasteiger partial charge >= 0.3 is 6.61 Å². The highest BCUT2D eigenvalue weighted by Crippen LogP contribution is 2.31. The van der Waals surface area contributed by atoms with Crippen LogP contribution in [-0.2, 0) is 16.6 Å². The second-order valence-corrected chi connectivity index (χ2v) is 8.51. The van der Waals surface area contributed by atoms with Gasteiger partial charge in [-0.2, -0.15) is 8.78 Å². The lowest BCUT2D eigenvalue weighted by atomic mass is 10.1. The van der Waals surface area contributed by atoms with Gasteiger partial charge in [-0.15, -0.1) is 12.4 Å². The van der Waals surface area contributed by atoms with Crippen molar-refractivity contribution in [2.24, 2.45) is 0 Å². The van der Waals surface area contributed by atoms with Gasteiger partial charge in [-0.25, -0.2) is 22.4 Å². The molecule has 2 aromatic carbocycles. The average molecular weight is 481 g/mol. The Morgan fingerprint density at radius 1 is 1.09 bits per heavy atom. The molecule has 0 atom stereocenters. The lowest BCUT2D eigenvalue weighted by Crippen LogP contribution is -2.13. The van der Waals surface area contributed by atoms with Crippen LogP contribution in [0.1, 0.15) is 5.56 Å². The summed E-state index contributed by atoms with van der Waals surface area (Å²) in [6.07, 6.45) is 6.21. The molecular weight excluding hydrogens is 462 g/mol. The van der Waals surface area contributed by atoms with Crippen molar-refractivity contribution < 1.29 is 21.9 Å². The minimum Gasteiger partial charge on any atom is -0.435 e. The van der Waals surface area contributed by atoms with Gasteiger partial charge in [0.05, 0.1) is 10.4 Å². The SMILES string of the molecule is CNCc1cn(S(=O)(=O)c2cccc(OC(F)F)c2)c2cc(-c3cncnc3)ccc12.Cl. The summed E-state index contributed by atoms with van der Waals surface area (Å²) in [6.45, 7) is -2.61. The van der Waals surface area contributed by atoms with Crippen LogP contribution < -0.4 is 10.1 Å². The zero-order valence-electron chi connectivity index (χ0n) is 16.8. The summed E-state index contributed by atoms with van der Waals surface area (Å²) in [7, 11) is -2.33. The van der Waals surface area contributed by atoms with Gasteiger partial charge in [-0.05, 0) is 36.4 Å². The van der Waals surface area contributed by atoms with Gasteiger partial charge < -0.3 is 10.1 Å². The number of hydrogen-bond donors (Lipinski definition) is 1. The van der Waals surface area contributed by atoms with E-state index in [9.17, 15) is 17.2 Å². The zero-order chi connectivity index (χ0) is 22.0. The molecule has 0 aliphatic rings. The van der Waals surface area contributed by atoms with Crippen LogP contribution in [-0.4, -0.2) is 36.0 Å². The number of ether oxygens (including phenoxy) is 1. The molecule has 11 heteroatoms. The van der Waals surface area contributed by atoms with Crippen LogP contribution in [0, 0.1) is 0 Å². The van der Waals surface area contributed by atoms with Crippen molar-refractivity contribution in [3.8, 4) is 16.9 Å². The minimum atomic E-state index is -4.09. The van der Waals surface area contributed by atoms with Crippen LogP contribution in [0.25, 0.3) is 22.0 Å². The third kappa shape index (κ3) is 4.57. The molecule has 2 heterocycles. The second-order valence-electron chi connectivity index (χ2n) is 6.70. The Kier molecular flexibility index (Phi) is 7.07. The lowest BCUT2D eigenvalue weighted by Gasteiger charge is -2.10. The maximum atomic E-state index is 13.4. The Labute approximate surface area is 189 Å². The Morgan fingerprint density at radius 2 is 1.84 bits per heavy atom. The monoisotopic (exact) mass is 480 g/mol. The van der Waals surface area contributed by atoms with E-state index in [1.807, 2.05) is 12.1 Å². The van der Waals surface area contributed by atoms with Crippen molar-refractivity contribution in [1.29, 1.82) is 0 Å². The highest BCUT2D eigenvalue weighted by atomic mass is 35.5. The average Bonchev–Trinajstić information content (AvgIpc) is 3.13. The van der Waals surface area contributed by atoms with Gasteiger partial charge in [0.25, 0.3) is 10.0 Å². The number of rotatable bonds is 7. The normalized spacial score (nSPS) is 11.5. The first-order valence-corrected chi connectivity index (χ1v) is 10.7. The Morgan fingerprint density at radius 3 is 2.53 bits per heavy atom. The number of aromatic nitrogens is 3. The van der Waals surface area contributed by atoms with Gasteiger partial charge in [0.15, 0.2) is 0 Å². The van der Waals surface area contributed by atoms with Gasteiger partial charge in [0.2, 0.25) is 0 Å². The number of nitrogens with one attached hydrogen (secondary N) is 1. The lowest BCUT2D eigenvalue weighted by molar-refractivity contribution is -0.0499. The van der Waals surface area contributed by atoms with Crippen LogP contribution in [0.3, 0.4) is 0 Å². The Bertz CT molecular complexity index is 1330. The summed E-state index contributed by atoms with van der Waals surface area (Å²) < 4.78 is 57.5. The van der Waals surface area contributed by atoms with Crippen molar-refractivity contribution in [2.75, 3.05) is 7.05 Å². The van der Waals surface area contributed by atoms with Crippen molar-refractivity contribution in [3.05, 3.63) is 72.9 Å². The van der Waals surface area contributed by atoms with Crippen molar-refractivity contribution >= 4 is 33.3 Å². The molecule has 1 N–H and O–H groups in total. The maximum absolute atomic E-state index is 13.4. The fourth-order valence-corrected chi connectivity index (χ4v) is 4.77. The Hall–Kier alpha value is -3.08. The fraction of sp³-hybridized carbons (Fsp3) is 0.143. The number of benzene rings is 2. The third-order valence-corrected chi connectivity index (χ3v) is 6.37. The van der Waals surface area contributed by atoms with Crippen LogP contribution in [0.15, 0.2) is 72.3 Å². The molecule has 0 saturated carbocycles. The van der Waals surface area contributed by atoms with Gasteiger partial charge in [0, 0.05) is 42.2 Å². The number of halogens is 3. The largest absolute Gasteiger partial charge is 0.435 e. The van der Waals surface area contributed by atoms with E-state index in [2.05, 4.69) is 20.0 Å². The number of hydrogen-bond acceptors (Lipinski definition) is 6. The summed E-state index contributed by atoms with van der Waals surface area (Å²) >= 11 is 0. The topological polar surface area (TPSA) is 86.1 Å². The molecule has 0 amide bonds. The number of alkyl halides is 2. The molecule has 0 saturated heterocycles. The summed E-state index contributed by atoms with van der Waals surface area (Å²) in [4.78, 5) is 7.85. The molecule has 0 aliphatic carbocycles.